The van der Waals surface area contributed by atoms with Gasteiger partial charge in [0.25, 0.3) is 5.91 Å². The highest BCUT2D eigenvalue weighted by molar-refractivity contribution is 5.93. The number of nitrogens with one attached hydrogen (secondary N) is 1. The van der Waals surface area contributed by atoms with Gasteiger partial charge in [-0.1, -0.05) is 6.42 Å². The Balaban J connectivity index is 1.65. The Kier molecular flexibility index (Phi) is 3.68. The molecule has 0 aromatic carbocycles. The fraction of sp³-hybridized carbons (Fsp3) is 0.467. The molecule has 0 saturated heterocycles. The maximum Gasteiger partial charge on any atom is 0.253 e. The lowest BCUT2D eigenvalue weighted by Crippen LogP contribution is -2.25. The van der Waals surface area contributed by atoms with Crippen LogP contribution in [0.25, 0.3) is 0 Å². The van der Waals surface area contributed by atoms with Gasteiger partial charge in [-0.2, -0.15) is 0 Å². The van der Waals surface area contributed by atoms with Gasteiger partial charge in [-0.3, -0.25) is 9.78 Å². The minimum Gasteiger partial charge on any atom is -0.345 e. The van der Waals surface area contributed by atoms with Gasteiger partial charge in [0.05, 0.1) is 12.1 Å². The van der Waals surface area contributed by atoms with E-state index in [2.05, 4.69) is 20.5 Å². The molecular formula is C15H19N5O. The van der Waals surface area contributed by atoms with Crippen molar-refractivity contribution >= 4 is 5.91 Å². The zero-order valence-corrected chi connectivity index (χ0v) is 12.3. The van der Waals surface area contributed by atoms with Crippen LogP contribution in [0.2, 0.25) is 0 Å². The van der Waals surface area contributed by atoms with Crippen LogP contribution in [0.1, 0.15) is 52.8 Å². The Hall–Kier alpha value is -2.24. The quantitative estimate of drug-likeness (QED) is 0.928. The summed E-state index contributed by atoms with van der Waals surface area (Å²) in [7, 11) is 1.96. The number of hydrogen-bond donors (Lipinski definition) is 1. The Labute approximate surface area is 123 Å². The minimum absolute atomic E-state index is 0.139. The molecule has 2 aromatic heterocycles. The van der Waals surface area contributed by atoms with Crippen molar-refractivity contribution in [2.45, 2.75) is 38.6 Å². The van der Waals surface area contributed by atoms with Crippen LogP contribution in [0.3, 0.4) is 0 Å². The molecule has 1 amide bonds. The van der Waals surface area contributed by atoms with Crippen molar-refractivity contribution < 1.29 is 4.79 Å². The summed E-state index contributed by atoms with van der Waals surface area (Å²) in [5.74, 6) is 2.21. The molecule has 2 heterocycles. The van der Waals surface area contributed by atoms with E-state index < -0.39 is 0 Å². The molecule has 0 spiro atoms. The van der Waals surface area contributed by atoms with Gasteiger partial charge in [-0.05, 0) is 31.4 Å². The van der Waals surface area contributed by atoms with Crippen LogP contribution < -0.4 is 5.32 Å². The molecule has 6 heteroatoms. The smallest absolute Gasteiger partial charge is 0.253 e. The van der Waals surface area contributed by atoms with Crippen LogP contribution in [-0.4, -0.2) is 25.7 Å². The van der Waals surface area contributed by atoms with E-state index in [1.165, 1.54) is 19.3 Å². The average molecular weight is 285 g/mol. The first-order valence-corrected chi connectivity index (χ1v) is 7.23. The van der Waals surface area contributed by atoms with E-state index in [-0.39, 0.29) is 5.91 Å². The number of carbonyl (C=O) groups excluding carboxylic acids is 1. The van der Waals surface area contributed by atoms with Crippen molar-refractivity contribution in [3.8, 4) is 0 Å². The first-order chi connectivity index (χ1) is 10.1. The van der Waals surface area contributed by atoms with Crippen molar-refractivity contribution in [3.05, 3.63) is 41.2 Å². The summed E-state index contributed by atoms with van der Waals surface area (Å²) in [6.45, 7) is 2.29. The molecule has 1 aliphatic carbocycles. The molecule has 0 unspecified atom stereocenters. The zero-order chi connectivity index (χ0) is 14.8. The molecule has 21 heavy (non-hydrogen) atoms. The highest BCUT2D eigenvalue weighted by Crippen LogP contribution is 2.34. The molecule has 3 rings (SSSR count). The first kappa shape index (κ1) is 13.7. The second kappa shape index (κ2) is 5.63. The Morgan fingerprint density at radius 1 is 1.38 bits per heavy atom. The van der Waals surface area contributed by atoms with E-state index in [1.807, 2.05) is 24.6 Å². The predicted molar refractivity (Wildman–Crippen MR) is 77.7 cm³/mol. The third-order valence-electron chi connectivity index (χ3n) is 4.01. The van der Waals surface area contributed by atoms with Gasteiger partial charge in [0.1, 0.15) is 5.82 Å². The van der Waals surface area contributed by atoms with E-state index in [9.17, 15) is 4.79 Å². The van der Waals surface area contributed by atoms with Crippen LogP contribution in [0.5, 0.6) is 0 Å². The van der Waals surface area contributed by atoms with Crippen molar-refractivity contribution in [1.82, 2.24) is 25.1 Å². The first-order valence-electron chi connectivity index (χ1n) is 7.23. The molecule has 0 aliphatic heterocycles. The summed E-state index contributed by atoms with van der Waals surface area (Å²) in [6.07, 6.45) is 6.94. The van der Waals surface area contributed by atoms with E-state index in [0.717, 1.165) is 17.2 Å². The Morgan fingerprint density at radius 2 is 2.19 bits per heavy atom. The summed E-state index contributed by atoms with van der Waals surface area (Å²) in [6, 6.07) is 1.82. The highest BCUT2D eigenvalue weighted by atomic mass is 16.1. The molecule has 0 atom stereocenters. The summed E-state index contributed by atoms with van der Waals surface area (Å²) < 4.78 is 2.00. The van der Waals surface area contributed by atoms with Gasteiger partial charge in [0.2, 0.25) is 0 Å². The van der Waals surface area contributed by atoms with E-state index >= 15 is 0 Å². The van der Waals surface area contributed by atoms with Crippen molar-refractivity contribution in [2.75, 3.05) is 0 Å². The number of nitrogens with zero attached hydrogens (tertiary/aromatic N) is 4. The van der Waals surface area contributed by atoms with Gasteiger partial charge in [0, 0.05) is 25.4 Å². The average Bonchev–Trinajstić information content (AvgIpc) is 2.76. The number of amides is 1. The van der Waals surface area contributed by atoms with Crippen LogP contribution in [0, 0.1) is 6.92 Å². The summed E-state index contributed by atoms with van der Waals surface area (Å²) in [4.78, 5) is 16.1. The van der Waals surface area contributed by atoms with E-state index in [1.54, 1.807) is 12.4 Å². The standard InChI is InChI=1S/C15H19N5O/c1-10-6-12(8-16-7-10)15(21)17-9-13-18-19-14(20(13)2)11-4-3-5-11/h6-8,11H,3-5,9H2,1-2H3,(H,17,21). The SMILES string of the molecule is Cc1cncc(C(=O)NCc2nnc(C3CCC3)n2C)c1. The van der Waals surface area contributed by atoms with E-state index in [0.29, 0.717) is 18.0 Å². The molecule has 2 aromatic rings. The van der Waals surface area contributed by atoms with Crippen LogP contribution in [0.15, 0.2) is 18.5 Å². The number of rotatable bonds is 4. The summed E-state index contributed by atoms with van der Waals surface area (Å²) in [5.41, 5.74) is 1.53. The molecule has 0 bridgehead atoms. The Bertz CT molecular complexity index is 660. The number of hydrogen-bond acceptors (Lipinski definition) is 4. The second-order valence-electron chi connectivity index (χ2n) is 5.59. The molecule has 1 saturated carbocycles. The molecule has 6 nitrogen and oxygen atoms in total. The summed E-state index contributed by atoms with van der Waals surface area (Å²) >= 11 is 0. The number of aromatic nitrogens is 4. The summed E-state index contributed by atoms with van der Waals surface area (Å²) in [5, 5.41) is 11.3. The lowest BCUT2D eigenvalue weighted by molar-refractivity contribution is 0.0949. The molecule has 1 fully saturated rings. The minimum atomic E-state index is -0.139. The van der Waals surface area contributed by atoms with Gasteiger partial charge in [-0.25, -0.2) is 0 Å². The fourth-order valence-corrected chi connectivity index (χ4v) is 2.49. The topological polar surface area (TPSA) is 72.7 Å². The third kappa shape index (κ3) is 2.79. The number of aryl methyl sites for hydroxylation is 1. The van der Waals surface area contributed by atoms with Crippen LogP contribution in [-0.2, 0) is 13.6 Å². The number of pyridine rings is 1. The highest BCUT2D eigenvalue weighted by Gasteiger charge is 2.25. The van der Waals surface area contributed by atoms with Gasteiger partial charge >= 0.3 is 0 Å². The largest absolute Gasteiger partial charge is 0.345 e. The van der Waals surface area contributed by atoms with Crippen molar-refractivity contribution in [3.63, 3.8) is 0 Å². The fourth-order valence-electron chi connectivity index (χ4n) is 2.49. The second-order valence-corrected chi connectivity index (χ2v) is 5.59. The maximum absolute atomic E-state index is 12.1. The molecule has 110 valence electrons. The lowest BCUT2D eigenvalue weighted by Gasteiger charge is -2.24. The zero-order valence-electron chi connectivity index (χ0n) is 12.3. The van der Waals surface area contributed by atoms with Crippen LogP contribution >= 0.6 is 0 Å². The molecule has 1 aliphatic rings. The molecular weight excluding hydrogens is 266 g/mol. The van der Waals surface area contributed by atoms with Gasteiger partial charge in [0.15, 0.2) is 5.82 Å². The van der Waals surface area contributed by atoms with Crippen molar-refractivity contribution in [2.24, 2.45) is 7.05 Å². The monoisotopic (exact) mass is 285 g/mol. The predicted octanol–water partition coefficient (Wildman–Crippen LogP) is 1.72. The van der Waals surface area contributed by atoms with Gasteiger partial charge in [-0.15, -0.1) is 10.2 Å². The molecule has 0 radical (unpaired) electrons. The third-order valence-corrected chi connectivity index (χ3v) is 4.01. The number of carbonyl (C=O) groups is 1. The van der Waals surface area contributed by atoms with Gasteiger partial charge < -0.3 is 9.88 Å². The normalized spacial score (nSPS) is 14.8. The Morgan fingerprint density at radius 3 is 2.86 bits per heavy atom. The van der Waals surface area contributed by atoms with Crippen LogP contribution in [0.4, 0.5) is 0 Å². The molecule has 1 N–H and O–H groups in total. The maximum atomic E-state index is 12.1. The lowest BCUT2D eigenvalue weighted by atomic mass is 9.85. The van der Waals surface area contributed by atoms with Crippen molar-refractivity contribution in [1.29, 1.82) is 0 Å². The van der Waals surface area contributed by atoms with E-state index in [4.69, 9.17) is 0 Å².